The van der Waals surface area contributed by atoms with Gasteiger partial charge in [-0.2, -0.15) is 4.98 Å². The molecule has 0 bridgehead atoms. The summed E-state index contributed by atoms with van der Waals surface area (Å²) in [6.45, 7) is 4.36. The van der Waals surface area contributed by atoms with Crippen LogP contribution in [0, 0.1) is 12.3 Å². The zero-order chi connectivity index (χ0) is 25.8. The second-order valence-corrected chi connectivity index (χ2v) is 13.6. The number of amides is 2. The molecule has 2 aliphatic carbocycles. The van der Waals surface area contributed by atoms with Crippen LogP contribution in [0.25, 0.3) is 0 Å². The average molecular weight is 525 g/mol. The molecule has 0 atom stereocenters. The van der Waals surface area contributed by atoms with Crippen LogP contribution in [0.3, 0.4) is 0 Å². The van der Waals surface area contributed by atoms with E-state index >= 15 is 0 Å². The SMILES string of the molecule is Cc1cc(S(=O)(=O)C2CC3(CCNCC3)C2)ccc1Nc1ncc2c(n1)N(C1CCCC1)C(=O)N(C)C2. The zero-order valence-corrected chi connectivity index (χ0v) is 22.5. The Morgan fingerprint density at radius 1 is 1.14 bits per heavy atom. The fourth-order valence-corrected chi connectivity index (χ4v) is 8.75. The van der Waals surface area contributed by atoms with Crippen LogP contribution in [-0.2, 0) is 16.4 Å². The van der Waals surface area contributed by atoms with E-state index in [1.807, 2.05) is 18.9 Å². The highest BCUT2D eigenvalue weighted by Crippen LogP contribution is 2.51. The number of fused-ring (bicyclic) bond motifs is 1. The molecule has 4 aliphatic rings. The van der Waals surface area contributed by atoms with Gasteiger partial charge in [-0.25, -0.2) is 18.2 Å². The summed E-state index contributed by atoms with van der Waals surface area (Å²) in [4.78, 5) is 26.2. The van der Waals surface area contributed by atoms with Gasteiger partial charge < -0.3 is 15.5 Å². The molecule has 1 spiro atoms. The number of aromatic nitrogens is 2. The minimum atomic E-state index is -3.36. The minimum Gasteiger partial charge on any atom is -0.324 e. The van der Waals surface area contributed by atoms with Crippen LogP contribution in [0.1, 0.15) is 62.5 Å². The number of carbonyl (C=O) groups excluding carboxylic acids is 1. The van der Waals surface area contributed by atoms with Gasteiger partial charge in [0, 0.05) is 30.5 Å². The lowest BCUT2D eigenvalue weighted by Gasteiger charge is -2.49. The van der Waals surface area contributed by atoms with Crippen molar-refractivity contribution in [3.63, 3.8) is 0 Å². The molecule has 0 unspecified atom stereocenters. The van der Waals surface area contributed by atoms with E-state index < -0.39 is 9.84 Å². The van der Waals surface area contributed by atoms with Gasteiger partial charge in [0.15, 0.2) is 9.84 Å². The van der Waals surface area contributed by atoms with Crippen molar-refractivity contribution < 1.29 is 13.2 Å². The molecule has 2 aliphatic heterocycles. The summed E-state index contributed by atoms with van der Waals surface area (Å²) >= 11 is 0. The highest BCUT2D eigenvalue weighted by Gasteiger charge is 2.50. The summed E-state index contributed by atoms with van der Waals surface area (Å²) in [7, 11) is -1.54. The van der Waals surface area contributed by atoms with Crippen LogP contribution in [0.4, 0.5) is 22.2 Å². The summed E-state index contributed by atoms with van der Waals surface area (Å²) in [5.41, 5.74) is 2.73. The minimum absolute atomic E-state index is 0.0166. The van der Waals surface area contributed by atoms with Gasteiger partial charge in [-0.1, -0.05) is 12.8 Å². The van der Waals surface area contributed by atoms with E-state index in [2.05, 4.69) is 15.6 Å². The van der Waals surface area contributed by atoms with Crippen LogP contribution >= 0.6 is 0 Å². The maximum atomic E-state index is 13.3. The number of nitrogens with zero attached hydrogens (tertiary/aromatic N) is 4. The normalized spacial score (nSPS) is 22.3. The zero-order valence-electron chi connectivity index (χ0n) is 21.7. The Labute approximate surface area is 219 Å². The molecule has 198 valence electrons. The predicted octanol–water partition coefficient (Wildman–Crippen LogP) is 4.15. The largest absolute Gasteiger partial charge is 0.325 e. The summed E-state index contributed by atoms with van der Waals surface area (Å²) < 4.78 is 26.7. The first kappa shape index (κ1) is 24.6. The van der Waals surface area contributed by atoms with Gasteiger partial charge in [0.05, 0.1) is 16.7 Å². The molecule has 0 radical (unpaired) electrons. The van der Waals surface area contributed by atoms with Crippen LogP contribution in [0.15, 0.2) is 29.3 Å². The van der Waals surface area contributed by atoms with E-state index in [4.69, 9.17) is 4.98 Å². The van der Waals surface area contributed by atoms with E-state index in [0.29, 0.717) is 23.2 Å². The molecule has 2 aromatic rings. The lowest BCUT2D eigenvalue weighted by atomic mass is 9.63. The molecule has 3 fully saturated rings. The third-order valence-electron chi connectivity index (χ3n) is 8.90. The topological polar surface area (TPSA) is 108 Å². The van der Waals surface area contributed by atoms with Crippen molar-refractivity contribution in [2.45, 2.75) is 81.0 Å². The number of benzene rings is 1. The Hall–Kier alpha value is -2.72. The van der Waals surface area contributed by atoms with Gasteiger partial charge >= 0.3 is 6.03 Å². The summed E-state index contributed by atoms with van der Waals surface area (Å²) in [6.07, 6.45) is 9.68. The van der Waals surface area contributed by atoms with E-state index in [1.54, 1.807) is 29.3 Å². The number of urea groups is 1. The number of nitrogens with one attached hydrogen (secondary N) is 2. The van der Waals surface area contributed by atoms with Crippen LogP contribution in [0.5, 0.6) is 0 Å². The first-order chi connectivity index (χ1) is 17.8. The standard InChI is InChI=1S/C27H36N6O3S/c1-18-13-21(37(35,36)22-14-27(15-22)9-11-28-12-10-27)7-8-23(18)30-25-29-16-19-17-32(2)26(34)33(24(19)31-25)20-5-3-4-6-20/h7-8,13,16,20,22,28H,3-6,9-12,14-15,17H2,1-2H3,(H,29,30,31). The third-order valence-corrected chi connectivity index (χ3v) is 11.0. The van der Waals surface area contributed by atoms with Crippen molar-refractivity contribution in [2.24, 2.45) is 5.41 Å². The molecule has 2 amide bonds. The number of hydrogen-bond donors (Lipinski definition) is 2. The monoisotopic (exact) mass is 524 g/mol. The molecular formula is C27H36N6O3S. The van der Waals surface area contributed by atoms with Gasteiger partial charge in [0.1, 0.15) is 5.82 Å². The Kier molecular flexibility index (Phi) is 6.14. The highest BCUT2D eigenvalue weighted by atomic mass is 32.2. The van der Waals surface area contributed by atoms with Crippen molar-refractivity contribution in [1.29, 1.82) is 0 Å². The lowest BCUT2D eigenvalue weighted by molar-refractivity contribution is 0.0901. The van der Waals surface area contributed by atoms with Gasteiger partial charge in [-0.05, 0) is 87.7 Å². The Bertz CT molecular complexity index is 1310. The first-order valence-corrected chi connectivity index (χ1v) is 15.0. The molecule has 2 saturated carbocycles. The fourth-order valence-electron chi connectivity index (χ4n) is 6.62. The molecule has 9 nitrogen and oxygen atoms in total. The average Bonchev–Trinajstić information content (AvgIpc) is 3.39. The number of carbonyl (C=O) groups is 1. The lowest BCUT2D eigenvalue weighted by Crippen LogP contribution is -2.50. The third kappa shape index (κ3) is 4.37. The summed E-state index contributed by atoms with van der Waals surface area (Å²) in [5, 5.41) is 6.36. The molecule has 1 aromatic heterocycles. The Balaban J connectivity index is 1.21. The number of hydrogen-bond acceptors (Lipinski definition) is 7. The van der Waals surface area contributed by atoms with Crippen LogP contribution in [0.2, 0.25) is 0 Å². The second kappa shape index (κ2) is 9.23. The maximum absolute atomic E-state index is 13.3. The number of aryl methyl sites for hydroxylation is 1. The van der Waals surface area contributed by atoms with Gasteiger partial charge in [0.2, 0.25) is 5.95 Å². The van der Waals surface area contributed by atoms with Crippen molar-refractivity contribution in [1.82, 2.24) is 20.2 Å². The number of piperidine rings is 1. The molecule has 37 heavy (non-hydrogen) atoms. The molecule has 2 N–H and O–H groups in total. The smallest absolute Gasteiger partial charge is 0.324 e. The van der Waals surface area contributed by atoms with Gasteiger partial charge in [-0.3, -0.25) is 4.90 Å². The maximum Gasteiger partial charge on any atom is 0.325 e. The highest BCUT2D eigenvalue weighted by molar-refractivity contribution is 7.92. The quantitative estimate of drug-likeness (QED) is 0.605. The Morgan fingerprint density at radius 3 is 2.57 bits per heavy atom. The van der Waals surface area contributed by atoms with Crippen molar-refractivity contribution >= 4 is 33.3 Å². The number of anilines is 3. The van der Waals surface area contributed by atoms with Gasteiger partial charge in [0.25, 0.3) is 0 Å². The predicted molar refractivity (Wildman–Crippen MR) is 143 cm³/mol. The molecule has 3 heterocycles. The van der Waals surface area contributed by atoms with Gasteiger partial charge in [-0.15, -0.1) is 0 Å². The van der Waals surface area contributed by atoms with Crippen LogP contribution in [-0.4, -0.2) is 60.7 Å². The fraction of sp³-hybridized carbons (Fsp3) is 0.593. The number of rotatable bonds is 5. The van der Waals surface area contributed by atoms with Crippen molar-refractivity contribution in [2.75, 3.05) is 30.4 Å². The number of sulfone groups is 1. The Morgan fingerprint density at radius 2 is 1.86 bits per heavy atom. The van der Waals surface area contributed by atoms with Crippen molar-refractivity contribution in [3.05, 3.63) is 35.5 Å². The first-order valence-electron chi connectivity index (χ1n) is 13.5. The van der Waals surface area contributed by atoms with Crippen molar-refractivity contribution in [3.8, 4) is 0 Å². The molecular weight excluding hydrogens is 488 g/mol. The van der Waals surface area contributed by atoms with Crippen LogP contribution < -0.4 is 15.5 Å². The molecule has 1 aromatic carbocycles. The van der Waals surface area contributed by atoms with E-state index in [9.17, 15) is 13.2 Å². The summed E-state index contributed by atoms with van der Waals surface area (Å²) in [6, 6.07) is 5.40. The van der Waals surface area contributed by atoms with E-state index in [0.717, 1.165) is 81.3 Å². The second-order valence-electron chi connectivity index (χ2n) is 11.4. The molecule has 10 heteroatoms. The molecule has 6 rings (SSSR count). The molecule has 1 saturated heterocycles. The van der Waals surface area contributed by atoms with E-state index in [-0.39, 0.29) is 22.7 Å². The summed E-state index contributed by atoms with van der Waals surface area (Å²) in [5.74, 6) is 1.09. The van der Waals surface area contributed by atoms with E-state index in [1.165, 1.54) is 0 Å².